The minimum absolute atomic E-state index is 0.0391. The first-order valence-electron chi connectivity index (χ1n) is 6.90. The summed E-state index contributed by atoms with van der Waals surface area (Å²) in [4.78, 5) is 0.320. The highest BCUT2D eigenvalue weighted by Crippen LogP contribution is 2.33. The smallest absolute Gasteiger partial charge is 0.244 e. The fourth-order valence-electron chi connectivity index (χ4n) is 2.86. The summed E-state index contributed by atoms with van der Waals surface area (Å²) >= 11 is 3.36. The fraction of sp³-hybridized carbons (Fsp3) is 0.571. The molecule has 2 N–H and O–H groups in total. The quantitative estimate of drug-likeness (QED) is 0.901. The van der Waals surface area contributed by atoms with E-state index in [1.807, 2.05) is 19.9 Å². The highest BCUT2D eigenvalue weighted by atomic mass is 79.9. The maximum Gasteiger partial charge on any atom is 0.244 e. The van der Waals surface area contributed by atoms with Gasteiger partial charge in [0.25, 0.3) is 0 Å². The van der Waals surface area contributed by atoms with Crippen LogP contribution in [0.25, 0.3) is 0 Å². The Hall–Kier alpha value is -0.430. The molecule has 2 rings (SSSR count). The zero-order chi connectivity index (χ0) is 14.9. The van der Waals surface area contributed by atoms with Gasteiger partial charge in [-0.3, -0.25) is 0 Å². The average Bonchev–Trinajstić information content (AvgIpc) is 2.38. The van der Waals surface area contributed by atoms with Crippen LogP contribution in [-0.4, -0.2) is 24.8 Å². The van der Waals surface area contributed by atoms with Crippen molar-refractivity contribution in [3.05, 3.63) is 28.2 Å². The molecule has 0 bridgehead atoms. The van der Waals surface area contributed by atoms with Gasteiger partial charge in [-0.05, 0) is 60.3 Å². The molecule has 1 heterocycles. The summed E-state index contributed by atoms with van der Waals surface area (Å²) in [5.41, 5.74) is 6.44. The number of sulfonamides is 1. The standard InChI is InChI=1S/C14H21BrN2O2S/c1-10-4-3-5-11(2)17(10)20(18,19)14-8-12(9-16)6-7-13(14)15/h6-8,10-11H,3-5,9,16H2,1-2H3. The third-order valence-corrected chi connectivity index (χ3v) is 7.02. The summed E-state index contributed by atoms with van der Waals surface area (Å²) in [7, 11) is -3.49. The van der Waals surface area contributed by atoms with Crippen LogP contribution in [0.2, 0.25) is 0 Å². The molecule has 2 atom stereocenters. The molecule has 4 nitrogen and oxygen atoms in total. The van der Waals surface area contributed by atoms with Gasteiger partial charge in [-0.15, -0.1) is 0 Å². The molecule has 1 saturated heterocycles. The summed E-state index contributed by atoms with van der Waals surface area (Å²) in [6, 6.07) is 5.35. The monoisotopic (exact) mass is 360 g/mol. The second kappa shape index (κ2) is 6.13. The lowest BCUT2D eigenvalue weighted by Gasteiger charge is -2.37. The van der Waals surface area contributed by atoms with Gasteiger partial charge in [0.2, 0.25) is 10.0 Å². The average molecular weight is 361 g/mol. The van der Waals surface area contributed by atoms with Gasteiger partial charge in [-0.2, -0.15) is 4.31 Å². The molecular weight excluding hydrogens is 340 g/mol. The number of hydrogen-bond donors (Lipinski definition) is 1. The molecule has 1 aliphatic heterocycles. The van der Waals surface area contributed by atoms with Crippen LogP contribution in [-0.2, 0) is 16.6 Å². The van der Waals surface area contributed by atoms with Crippen LogP contribution in [0.5, 0.6) is 0 Å². The Balaban J connectivity index is 2.49. The number of nitrogens with zero attached hydrogens (tertiary/aromatic N) is 1. The van der Waals surface area contributed by atoms with Crippen molar-refractivity contribution in [1.29, 1.82) is 0 Å². The molecule has 0 radical (unpaired) electrons. The molecule has 1 aromatic carbocycles. The number of rotatable bonds is 3. The van der Waals surface area contributed by atoms with Gasteiger partial charge in [-0.1, -0.05) is 12.5 Å². The van der Waals surface area contributed by atoms with E-state index in [0.29, 0.717) is 15.9 Å². The first kappa shape index (κ1) is 15.9. The minimum Gasteiger partial charge on any atom is -0.326 e. The molecule has 112 valence electrons. The highest BCUT2D eigenvalue weighted by Gasteiger charge is 2.36. The lowest BCUT2D eigenvalue weighted by molar-refractivity contribution is 0.204. The van der Waals surface area contributed by atoms with Gasteiger partial charge in [0, 0.05) is 23.1 Å². The minimum atomic E-state index is -3.49. The lowest BCUT2D eigenvalue weighted by Crippen LogP contribution is -2.47. The van der Waals surface area contributed by atoms with Crippen molar-refractivity contribution < 1.29 is 8.42 Å². The van der Waals surface area contributed by atoms with Crippen LogP contribution in [0.1, 0.15) is 38.7 Å². The molecule has 1 fully saturated rings. The van der Waals surface area contributed by atoms with Gasteiger partial charge in [0.1, 0.15) is 0 Å². The van der Waals surface area contributed by atoms with Crippen molar-refractivity contribution >= 4 is 26.0 Å². The topological polar surface area (TPSA) is 63.4 Å². The Morgan fingerprint density at radius 3 is 2.45 bits per heavy atom. The Bertz CT molecular complexity index is 579. The normalized spacial score (nSPS) is 24.8. The first-order chi connectivity index (χ1) is 9.37. The van der Waals surface area contributed by atoms with Gasteiger partial charge in [-0.25, -0.2) is 8.42 Å². The Morgan fingerprint density at radius 2 is 1.90 bits per heavy atom. The zero-order valence-electron chi connectivity index (χ0n) is 11.8. The van der Waals surface area contributed by atoms with Gasteiger partial charge in [0.05, 0.1) is 4.90 Å². The molecule has 1 aromatic rings. The van der Waals surface area contributed by atoms with E-state index in [0.717, 1.165) is 24.8 Å². The summed E-state index contributed by atoms with van der Waals surface area (Å²) in [5, 5.41) is 0. The van der Waals surface area contributed by atoms with Crippen LogP contribution in [0.15, 0.2) is 27.6 Å². The molecule has 0 aliphatic carbocycles. The van der Waals surface area contributed by atoms with Crippen molar-refractivity contribution in [3.63, 3.8) is 0 Å². The van der Waals surface area contributed by atoms with Crippen molar-refractivity contribution in [2.75, 3.05) is 0 Å². The number of nitrogens with two attached hydrogens (primary N) is 1. The SMILES string of the molecule is CC1CCCC(C)N1S(=O)(=O)c1cc(CN)ccc1Br. The van der Waals surface area contributed by atoms with Crippen LogP contribution in [0.3, 0.4) is 0 Å². The highest BCUT2D eigenvalue weighted by molar-refractivity contribution is 9.10. The van der Waals surface area contributed by atoms with Gasteiger partial charge >= 0.3 is 0 Å². The van der Waals surface area contributed by atoms with E-state index in [9.17, 15) is 8.42 Å². The second-order valence-corrected chi connectivity index (χ2v) is 8.10. The van der Waals surface area contributed by atoms with Crippen molar-refractivity contribution in [2.24, 2.45) is 5.73 Å². The van der Waals surface area contributed by atoms with E-state index >= 15 is 0 Å². The predicted molar refractivity (Wildman–Crippen MR) is 83.8 cm³/mol. The Morgan fingerprint density at radius 1 is 1.30 bits per heavy atom. The third-order valence-electron chi connectivity index (χ3n) is 3.90. The van der Waals surface area contributed by atoms with Crippen LogP contribution in [0.4, 0.5) is 0 Å². The Kier molecular flexibility index (Phi) is 4.89. The van der Waals surface area contributed by atoms with E-state index in [1.165, 1.54) is 0 Å². The molecule has 6 heteroatoms. The van der Waals surface area contributed by atoms with E-state index in [4.69, 9.17) is 5.73 Å². The molecule has 0 spiro atoms. The molecular formula is C14H21BrN2O2S. The van der Waals surface area contributed by atoms with Crippen molar-refractivity contribution in [3.8, 4) is 0 Å². The summed E-state index contributed by atoms with van der Waals surface area (Å²) < 4.78 is 28.2. The van der Waals surface area contributed by atoms with E-state index in [1.54, 1.807) is 16.4 Å². The van der Waals surface area contributed by atoms with E-state index < -0.39 is 10.0 Å². The number of halogens is 1. The number of hydrogen-bond acceptors (Lipinski definition) is 3. The van der Waals surface area contributed by atoms with Crippen molar-refractivity contribution in [1.82, 2.24) is 4.31 Å². The molecule has 1 aliphatic rings. The lowest BCUT2D eigenvalue weighted by atomic mass is 10.0. The molecule has 0 saturated carbocycles. The van der Waals surface area contributed by atoms with Crippen LogP contribution < -0.4 is 5.73 Å². The molecule has 0 aromatic heterocycles. The first-order valence-corrected chi connectivity index (χ1v) is 9.13. The maximum atomic E-state index is 13.0. The van der Waals surface area contributed by atoms with Crippen molar-refractivity contribution in [2.45, 2.75) is 56.6 Å². The summed E-state index contributed by atoms with van der Waals surface area (Å²) in [6.45, 7) is 4.29. The largest absolute Gasteiger partial charge is 0.326 e. The maximum absolute atomic E-state index is 13.0. The fourth-order valence-corrected chi connectivity index (χ4v) is 5.72. The molecule has 0 amide bonds. The Labute approximate surface area is 129 Å². The predicted octanol–water partition coefficient (Wildman–Crippen LogP) is 2.86. The molecule has 2 unspecified atom stereocenters. The van der Waals surface area contributed by atoms with Gasteiger partial charge in [0.15, 0.2) is 0 Å². The third kappa shape index (κ3) is 2.93. The second-order valence-electron chi connectivity index (χ2n) is 5.43. The van der Waals surface area contributed by atoms with Gasteiger partial charge < -0.3 is 5.73 Å². The van der Waals surface area contributed by atoms with E-state index in [2.05, 4.69) is 15.9 Å². The number of benzene rings is 1. The number of piperidine rings is 1. The summed E-state index contributed by atoms with van der Waals surface area (Å²) in [5.74, 6) is 0. The summed E-state index contributed by atoms with van der Waals surface area (Å²) in [6.07, 6.45) is 2.91. The zero-order valence-corrected chi connectivity index (χ0v) is 14.2. The van der Waals surface area contributed by atoms with Crippen LogP contribution >= 0.6 is 15.9 Å². The van der Waals surface area contributed by atoms with E-state index in [-0.39, 0.29) is 12.1 Å². The molecule has 20 heavy (non-hydrogen) atoms. The van der Waals surface area contributed by atoms with Crippen LogP contribution in [0, 0.1) is 0 Å².